The third-order valence-corrected chi connectivity index (χ3v) is 4.42. The molecule has 0 radical (unpaired) electrons. The number of ether oxygens (including phenoxy) is 1. The van der Waals surface area contributed by atoms with E-state index in [-0.39, 0.29) is 6.10 Å². The second-order valence-electron chi connectivity index (χ2n) is 6.93. The third-order valence-electron chi connectivity index (χ3n) is 4.42. The maximum absolute atomic E-state index is 10.1. The summed E-state index contributed by atoms with van der Waals surface area (Å²) in [5.74, 6) is 0. The topological polar surface area (TPSA) is 44.7 Å². The molecular formula is C15H30N2O2. The Morgan fingerprint density at radius 3 is 2.79 bits per heavy atom. The molecule has 4 heteroatoms. The van der Waals surface area contributed by atoms with Crippen molar-refractivity contribution >= 4 is 0 Å². The van der Waals surface area contributed by atoms with Gasteiger partial charge in [-0.3, -0.25) is 4.90 Å². The Labute approximate surface area is 117 Å². The Balaban J connectivity index is 1.64. The normalized spacial score (nSPS) is 30.2. The van der Waals surface area contributed by atoms with Crippen LogP contribution in [0.5, 0.6) is 0 Å². The molecule has 2 aliphatic rings. The summed E-state index contributed by atoms with van der Waals surface area (Å²) in [7, 11) is 0. The highest BCUT2D eigenvalue weighted by Crippen LogP contribution is 2.34. The van der Waals surface area contributed by atoms with Crippen molar-refractivity contribution in [3.8, 4) is 0 Å². The van der Waals surface area contributed by atoms with Crippen LogP contribution in [0.3, 0.4) is 0 Å². The van der Waals surface area contributed by atoms with E-state index in [0.29, 0.717) is 11.5 Å². The molecule has 19 heavy (non-hydrogen) atoms. The number of nitrogens with one attached hydrogen (secondary N) is 1. The van der Waals surface area contributed by atoms with E-state index in [1.165, 1.54) is 25.7 Å². The molecule has 1 aliphatic heterocycles. The lowest BCUT2D eigenvalue weighted by atomic mass is 9.75. The van der Waals surface area contributed by atoms with Crippen molar-refractivity contribution in [1.29, 1.82) is 0 Å². The van der Waals surface area contributed by atoms with E-state index < -0.39 is 0 Å². The van der Waals surface area contributed by atoms with Gasteiger partial charge in [-0.15, -0.1) is 0 Å². The van der Waals surface area contributed by atoms with Crippen LogP contribution in [-0.2, 0) is 4.74 Å². The number of aliphatic hydroxyl groups excluding tert-OH is 1. The van der Waals surface area contributed by atoms with E-state index in [0.717, 1.165) is 39.4 Å². The fraction of sp³-hybridized carbons (Fsp3) is 1.00. The largest absolute Gasteiger partial charge is 0.390 e. The van der Waals surface area contributed by atoms with E-state index in [1.807, 2.05) is 0 Å². The number of β-amino-alcohol motifs (C(OH)–C–C–N with tert-alkyl or cyclic N) is 1. The summed E-state index contributed by atoms with van der Waals surface area (Å²) in [4.78, 5) is 2.29. The van der Waals surface area contributed by atoms with Crippen LogP contribution in [0, 0.1) is 5.41 Å². The van der Waals surface area contributed by atoms with Gasteiger partial charge in [0.05, 0.1) is 19.3 Å². The summed E-state index contributed by atoms with van der Waals surface area (Å²) in [5.41, 5.74) is 0.463. The van der Waals surface area contributed by atoms with Crippen LogP contribution < -0.4 is 5.32 Å². The van der Waals surface area contributed by atoms with Crippen molar-refractivity contribution in [3.05, 3.63) is 0 Å². The Hall–Kier alpha value is -0.160. The van der Waals surface area contributed by atoms with Gasteiger partial charge in [-0.1, -0.05) is 20.3 Å². The number of aliphatic hydroxyl groups is 1. The predicted molar refractivity (Wildman–Crippen MR) is 77.3 cm³/mol. The van der Waals surface area contributed by atoms with Gasteiger partial charge < -0.3 is 15.2 Å². The van der Waals surface area contributed by atoms with Crippen LogP contribution in [0.4, 0.5) is 0 Å². The minimum absolute atomic E-state index is 0.261. The van der Waals surface area contributed by atoms with E-state index in [2.05, 4.69) is 24.1 Å². The van der Waals surface area contributed by atoms with Gasteiger partial charge in [-0.05, 0) is 24.7 Å². The van der Waals surface area contributed by atoms with Gasteiger partial charge in [-0.2, -0.15) is 0 Å². The van der Waals surface area contributed by atoms with Crippen molar-refractivity contribution < 1.29 is 9.84 Å². The molecule has 1 heterocycles. The summed E-state index contributed by atoms with van der Waals surface area (Å²) in [6.45, 7) is 9.70. The molecule has 0 aromatic heterocycles. The highest BCUT2D eigenvalue weighted by atomic mass is 16.5. The van der Waals surface area contributed by atoms with Crippen LogP contribution in [0.2, 0.25) is 0 Å². The van der Waals surface area contributed by atoms with Crippen LogP contribution in [0.25, 0.3) is 0 Å². The lowest BCUT2D eigenvalue weighted by Gasteiger charge is -2.36. The minimum Gasteiger partial charge on any atom is -0.390 e. The van der Waals surface area contributed by atoms with Gasteiger partial charge in [0.2, 0.25) is 0 Å². The fourth-order valence-corrected chi connectivity index (χ4v) is 3.32. The molecule has 2 rings (SSSR count). The Morgan fingerprint density at radius 1 is 1.37 bits per heavy atom. The number of rotatable bonds is 5. The first-order valence-electron chi connectivity index (χ1n) is 7.77. The first-order valence-corrected chi connectivity index (χ1v) is 7.77. The van der Waals surface area contributed by atoms with Gasteiger partial charge in [0.1, 0.15) is 0 Å². The molecule has 2 fully saturated rings. The maximum Gasteiger partial charge on any atom is 0.0791 e. The highest BCUT2D eigenvalue weighted by molar-refractivity contribution is 4.84. The fourth-order valence-electron chi connectivity index (χ4n) is 3.32. The van der Waals surface area contributed by atoms with Crippen molar-refractivity contribution in [1.82, 2.24) is 10.2 Å². The molecular weight excluding hydrogens is 240 g/mol. The molecule has 1 saturated carbocycles. The summed E-state index contributed by atoms with van der Waals surface area (Å²) >= 11 is 0. The van der Waals surface area contributed by atoms with Gasteiger partial charge in [0, 0.05) is 32.2 Å². The van der Waals surface area contributed by atoms with Crippen molar-refractivity contribution in [2.24, 2.45) is 5.41 Å². The summed E-state index contributed by atoms with van der Waals surface area (Å²) in [5, 5.41) is 13.7. The van der Waals surface area contributed by atoms with Crippen LogP contribution >= 0.6 is 0 Å². The Kier molecular flexibility index (Phi) is 5.63. The molecule has 4 nitrogen and oxygen atoms in total. The molecule has 1 saturated heterocycles. The Morgan fingerprint density at radius 2 is 2.11 bits per heavy atom. The van der Waals surface area contributed by atoms with E-state index in [1.54, 1.807) is 0 Å². The quantitative estimate of drug-likeness (QED) is 0.789. The number of hydrogen-bond acceptors (Lipinski definition) is 4. The SMILES string of the molecule is CC1(C)CCCC(NCC(O)CN2CCOCC2)C1. The molecule has 2 atom stereocenters. The van der Waals surface area contributed by atoms with Crippen LogP contribution in [0.15, 0.2) is 0 Å². The van der Waals surface area contributed by atoms with Gasteiger partial charge in [-0.25, -0.2) is 0 Å². The molecule has 0 spiro atoms. The molecule has 0 aromatic rings. The van der Waals surface area contributed by atoms with Crippen LogP contribution in [-0.4, -0.2) is 61.5 Å². The summed E-state index contributed by atoms with van der Waals surface area (Å²) < 4.78 is 5.32. The smallest absolute Gasteiger partial charge is 0.0791 e. The average Bonchev–Trinajstić information content (AvgIpc) is 2.36. The van der Waals surface area contributed by atoms with Crippen LogP contribution in [0.1, 0.15) is 39.5 Å². The second kappa shape index (κ2) is 7.02. The van der Waals surface area contributed by atoms with E-state index >= 15 is 0 Å². The first kappa shape index (κ1) is 15.2. The zero-order valence-electron chi connectivity index (χ0n) is 12.5. The second-order valence-corrected chi connectivity index (χ2v) is 6.93. The van der Waals surface area contributed by atoms with Gasteiger partial charge >= 0.3 is 0 Å². The minimum atomic E-state index is -0.261. The van der Waals surface area contributed by atoms with E-state index in [4.69, 9.17) is 4.74 Å². The standard InChI is InChI=1S/C15H30N2O2/c1-15(2)5-3-4-13(10-15)16-11-14(18)12-17-6-8-19-9-7-17/h13-14,16,18H,3-12H2,1-2H3. The Bertz CT molecular complexity index is 265. The average molecular weight is 270 g/mol. The number of hydrogen-bond donors (Lipinski definition) is 2. The molecule has 2 N–H and O–H groups in total. The zero-order valence-corrected chi connectivity index (χ0v) is 12.5. The van der Waals surface area contributed by atoms with Gasteiger partial charge in [0.15, 0.2) is 0 Å². The highest BCUT2D eigenvalue weighted by Gasteiger charge is 2.28. The zero-order chi connectivity index (χ0) is 13.7. The van der Waals surface area contributed by atoms with Gasteiger partial charge in [0.25, 0.3) is 0 Å². The predicted octanol–water partition coefficient (Wildman–Crippen LogP) is 1.24. The maximum atomic E-state index is 10.1. The molecule has 112 valence electrons. The molecule has 2 unspecified atom stereocenters. The number of morpholine rings is 1. The van der Waals surface area contributed by atoms with Crippen molar-refractivity contribution in [2.45, 2.75) is 51.7 Å². The molecule has 0 amide bonds. The number of nitrogens with zero attached hydrogens (tertiary/aromatic N) is 1. The molecule has 0 bridgehead atoms. The third kappa shape index (κ3) is 5.38. The lowest BCUT2D eigenvalue weighted by molar-refractivity contribution is 0.0138. The summed E-state index contributed by atoms with van der Waals surface area (Å²) in [6, 6.07) is 0.586. The van der Waals surface area contributed by atoms with Crippen molar-refractivity contribution in [3.63, 3.8) is 0 Å². The summed E-state index contributed by atoms with van der Waals surface area (Å²) in [6.07, 6.45) is 4.87. The first-order chi connectivity index (χ1) is 9.05. The molecule has 1 aliphatic carbocycles. The molecule has 0 aromatic carbocycles. The lowest BCUT2D eigenvalue weighted by Crippen LogP contribution is -2.46. The van der Waals surface area contributed by atoms with E-state index in [9.17, 15) is 5.11 Å². The monoisotopic (exact) mass is 270 g/mol. The van der Waals surface area contributed by atoms with Crippen molar-refractivity contribution in [2.75, 3.05) is 39.4 Å².